The van der Waals surface area contributed by atoms with Gasteiger partial charge in [-0.25, -0.2) is 0 Å². The molecule has 0 saturated carbocycles. The van der Waals surface area contributed by atoms with Crippen molar-refractivity contribution >= 4 is 5.91 Å². The van der Waals surface area contributed by atoms with Gasteiger partial charge in [-0.3, -0.25) is 4.79 Å². The molecule has 0 aliphatic heterocycles. The summed E-state index contributed by atoms with van der Waals surface area (Å²) < 4.78 is 4.74. The summed E-state index contributed by atoms with van der Waals surface area (Å²) in [6.45, 7) is 2.10. The highest BCUT2D eigenvalue weighted by molar-refractivity contribution is 5.74. The van der Waals surface area contributed by atoms with Crippen molar-refractivity contribution in [2.24, 2.45) is 17.2 Å². The van der Waals surface area contributed by atoms with Crippen molar-refractivity contribution in [1.82, 2.24) is 10.1 Å². The van der Waals surface area contributed by atoms with Crippen molar-refractivity contribution in [1.29, 1.82) is 0 Å². The molecule has 8 heteroatoms. The third-order valence-electron chi connectivity index (χ3n) is 1.40. The molecule has 1 heterocycles. The second kappa shape index (κ2) is 7.74. The van der Waals surface area contributed by atoms with Gasteiger partial charge in [-0.1, -0.05) is 5.16 Å². The van der Waals surface area contributed by atoms with Gasteiger partial charge in [-0.2, -0.15) is 4.98 Å². The Hall–Kier alpha value is -1.51. The molecule has 0 fully saturated rings. The minimum Gasteiger partial charge on any atom is -0.397 e. The third kappa shape index (κ3) is 5.39. The smallest absolute Gasteiger partial charge is 0.244 e. The number of carbonyl (C=O) groups excluding carboxylic acids is 1. The zero-order valence-electron chi connectivity index (χ0n) is 9.09. The highest BCUT2D eigenvalue weighted by Crippen LogP contribution is 2.10. The molecule has 0 aliphatic carbocycles. The summed E-state index contributed by atoms with van der Waals surface area (Å²) in [4.78, 5) is 14.3. The first kappa shape index (κ1) is 14.5. The van der Waals surface area contributed by atoms with Crippen LogP contribution in [0.5, 0.6) is 0 Å². The van der Waals surface area contributed by atoms with Gasteiger partial charge >= 0.3 is 0 Å². The van der Waals surface area contributed by atoms with Gasteiger partial charge in [0.2, 0.25) is 11.8 Å². The largest absolute Gasteiger partial charge is 0.397 e. The van der Waals surface area contributed by atoms with Crippen molar-refractivity contribution in [3.05, 3.63) is 11.7 Å². The number of amides is 1. The van der Waals surface area contributed by atoms with E-state index < -0.39 is 11.9 Å². The predicted octanol–water partition coefficient (Wildman–Crippen LogP) is -1.60. The average molecular weight is 231 g/mol. The summed E-state index contributed by atoms with van der Waals surface area (Å²) in [7, 11) is 0. The van der Waals surface area contributed by atoms with Gasteiger partial charge in [0.1, 0.15) is 0 Å². The van der Waals surface area contributed by atoms with Gasteiger partial charge in [0, 0.05) is 6.61 Å². The molecule has 1 amide bonds. The summed E-state index contributed by atoms with van der Waals surface area (Å²) in [6, 6.07) is -0.648. The number of carbonyl (C=O) groups is 1. The molecule has 8 nitrogen and oxygen atoms in total. The minimum atomic E-state index is -0.648. The van der Waals surface area contributed by atoms with Gasteiger partial charge in [-0.15, -0.1) is 0 Å². The molecule has 0 saturated heterocycles. The molecule has 92 valence electrons. The van der Waals surface area contributed by atoms with Crippen LogP contribution in [0.3, 0.4) is 0 Å². The van der Waals surface area contributed by atoms with Crippen LogP contribution in [0.1, 0.15) is 31.1 Å². The lowest BCUT2D eigenvalue weighted by Crippen LogP contribution is -2.21. The number of rotatable bonds is 4. The summed E-state index contributed by atoms with van der Waals surface area (Å²) in [5.74, 6) is 0.0224. The first-order valence-corrected chi connectivity index (χ1v) is 4.72. The van der Waals surface area contributed by atoms with E-state index in [-0.39, 0.29) is 25.5 Å². The Kier molecular flexibility index (Phi) is 7.01. The van der Waals surface area contributed by atoms with Crippen LogP contribution in [0.2, 0.25) is 0 Å². The Bertz CT molecular complexity index is 314. The fourth-order valence-corrected chi connectivity index (χ4v) is 0.805. The molecule has 0 spiro atoms. The first-order chi connectivity index (χ1) is 7.54. The Balaban J connectivity index is 0.000000673. The summed E-state index contributed by atoms with van der Waals surface area (Å²) in [5, 5.41) is 11.1. The van der Waals surface area contributed by atoms with Crippen LogP contribution in [-0.4, -0.2) is 27.8 Å². The van der Waals surface area contributed by atoms with Crippen LogP contribution >= 0.6 is 0 Å². The highest BCUT2D eigenvalue weighted by atomic mass is 16.5. The van der Waals surface area contributed by atoms with Gasteiger partial charge in [0.15, 0.2) is 5.82 Å². The molecule has 0 radical (unpaired) electrons. The maximum atomic E-state index is 10.5. The van der Waals surface area contributed by atoms with E-state index in [9.17, 15) is 4.79 Å². The Labute approximate surface area is 92.8 Å². The fourth-order valence-electron chi connectivity index (χ4n) is 0.805. The van der Waals surface area contributed by atoms with Crippen LogP contribution in [0.15, 0.2) is 4.52 Å². The van der Waals surface area contributed by atoms with E-state index in [2.05, 4.69) is 10.1 Å². The van der Waals surface area contributed by atoms with Gasteiger partial charge in [-0.05, 0) is 6.92 Å². The Morgan fingerprint density at radius 2 is 2.19 bits per heavy atom. The van der Waals surface area contributed by atoms with E-state index in [4.69, 9.17) is 26.8 Å². The molecule has 0 aromatic carbocycles. The first-order valence-electron chi connectivity index (χ1n) is 4.72. The molecular formula is C8H17N5O3. The number of aliphatic hydroxyl groups is 1. The zero-order valence-corrected chi connectivity index (χ0v) is 9.09. The van der Waals surface area contributed by atoms with Crippen molar-refractivity contribution in [2.75, 3.05) is 6.61 Å². The summed E-state index contributed by atoms with van der Waals surface area (Å²) in [5.41, 5.74) is 15.7. The normalized spacial score (nSPS) is 11.5. The third-order valence-corrected chi connectivity index (χ3v) is 1.40. The zero-order chi connectivity index (χ0) is 12.6. The molecule has 7 N–H and O–H groups in total. The van der Waals surface area contributed by atoms with E-state index >= 15 is 0 Å². The van der Waals surface area contributed by atoms with E-state index in [0.29, 0.717) is 5.82 Å². The predicted molar refractivity (Wildman–Crippen MR) is 55.7 cm³/mol. The molecule has 1 atom stereocenters. The molecule has 0 aliphatic rings. The molecule has 1 rings (SSSR count). The molecular weight excluding hydrogens is 214 g/mol. The van der Waals surface area contributed by atoms with Crippen LogP contribution in [0.25, 0.3) is 0 Å². The number of aliphatic hydroxyl groups excluding tert-OH is 1. The Morgan fingerprint density at radius 1 is 1.62 bits per heavy atom. The summed E-state index contributed by atoms with van der Waals surface area (Å²) in [6.07, 6.45) is -0.0216. The topological polar surface area (TPSA) is 154 Å². The van der Waals surface area contributed by atoms with Gasteiger partial charge in [0.05, 0.1) is 19.0 Å². The molecule has 1 aromatic rings. The maximum Gasteiger partial charge on any atom is 0.244 e. The van der Waals surface area contributed by atoms with E-state index in [1.807, 2.05) is 0 Å². The fraction of sp³-hybridized carbons (Fsp3) is 0.625. The standard InChI is InChI=1S/C6H11N5O2.C2H6O/c7-2-5-10-6(13-11-5)3(8)1-4(9)12;1-2-3/h3H,1-2,7-8H2,(H2,9,12);3H,2H2,1H3/t3-;/m1./s1. The monoisotopic (exact) mass is 231 g/mol. The number of primary amides is 1. The lowest BCUT2D eigenvalue weighted by Gasteiger charge is -2.01. The number of nitrogens with zero attached hydrogens (tertiary/aromatic N) is 2. The number of nitrogens with two attached hydrogens (primary N) is 3. The average Bonchev–Trinajstić information content (AvgIpc) is 2.66. The lowest BCUT2D eigenvalue weighted by molar-refractivity contribution is -0.118. The van der Waals surface area contributed by atoms with Crippen LogP contribution in [-0.2, 0) is 11.3 Å². The van der Waals surface area contributed by atoms with Crippen molar-refractivity contribution in [3.8, 4) is 0 Å². The van der Waals surface area contributed by atoms with E-state index in [1.165, 1.54) is 0 Å². The number of aromatic nitrogens is 2. The van der Waals surface area contributed by atoms with Crippen molar-refractivity contribution < 1.29 is 14.4 Å². The van der Waals surface area contributed by atoms with Gasteiger partial charge in [0.25, 0.3) is 0 Å². The lowest BCUT2D eigenvalue weighted by atomic mass is 10.2. The van der Waals surface area contributed by atoms with Crippen molar-refractivity contribution in [2.45, 2.75) is 25.9 Å². The summed E-state index contributed by atoms with van der Waals surface area (Å²) >= 11 is 0. The molecule has 16 heavy (non-hydrogen) atoms. The second-order valence-corrected chi connectivity index (χ2v) is 2.85. The van der Waals surface area contributed by atoms with Gasteiger partial charge < -0.3 is 26.8 Å². The van der Waals surface area contributed by atoms with Crippen LogP contribution < -0.4 is 17.2 Å². The second-order valence-electron chi connectivity index (χ2n) is 2.85. The maximum absolute atomic E-state index is 10.5. The number of hydrogen-bond donors (Lipinski definition) is 4. The minimum absolute atomic E-state index is 0.0216. The van der Waals surface area contributed by atoms with E-state index in [1.54, 1.807) is 6.92 Å². The van der Waals surface area contributed by atoms with Crippen LogP contribution in [0, 0.1) is 0 Å². The van der Waals surface area contributed by atoms with Crippen LogP contribution in [0.4, 0.5) is 0 Å². The van der Waals surface area contributed by atoms with Crippen molar-refractivity contribution in [3.63, 3.8) is 0 Å². The molecule has 0 unspecified atom stereocenters. The molecule has 1 aromatic heterocycles. The quantitative estimate of drug-likeness (QED) is 0.486. The molecule has 0 bridgehead atoms. The highest BCUT2D eigenvalue weighted by Gasteiger charge is 2.16. The Morgan fingerprint density at radius 3 is 2.56 bits per heavy atom. The van der Waals surface area contributed by atoms with E-state index in [0.717, 1.165) is 0 Å². The SMILES string of the molecule is CCO.NCc1noc([C@H](N)CC(N)=O)n1. The number of hydrogen-bond acceptors (Lipinski definition) is 7.